The first-order chi connectivity index (χ1) is 15.4. The molecular formula is C25H23Cl3N2O2. The van der Waals surface area contributed by atoms with Crippen LogP contribution >= 0.6 is 34.8 Å². The monoisotopic (exact) mass is 488 g/mol. The number of nitrogens with one attached hydrogen (secondary N) is 1. The van der Waals surface area contributed by atoms with Gasteiger partial charge in [-0.1, -0.05) is 83.3 Å². The molecule has 0 saturated carbocycles. The van der Waals surface area contributed by atoms with Gasteiger partial charge in [-0.15, -0.1) is 0 Å². The predicted octanol–water partition coefficient (Wildman–Crippen LogP) is 5.58. The highest BCUT2D eigenvalue weighted by molar-refractivity contribution is 6.42. The van der Waals surface area contributed by atoms with Crippen LogP contribution in [-0.2, 0) is 29.0 Å². The minimum absolute atomic E-state index is 0.115. The van der Waals surface area contributed by atoms with Gasteiger partial charge in [0.2, 0.25) is 11.8 Å². The summed E-state index contributed by atoms with van der Waals surface area (Å²) in [6.45, 7) is 0.210. The lowest BCUT2D eigenvalue weighted by Crippen LogP contribution is -2.50. The number of carbonyl (C=O) groups excluding carboxylic acids is 2. The van der Waals surface area contributed by atoms with Crippen LogP contribution in [0.5, 0.6) is 0 Å². The van der Waals surface area contributed by atoms with E-state index in [9.17, 15) is 9.59 Å². The fraction of sp³-hybridized carbons (Fsp3) is 0.200. The van der Waals surface area contributed by atoms with E-state index in [-0.39, 0.29) is 24.8 Å². The Morgan fingerprint density at radius 3 is 2.22 bits per heavy atom. The van der Waals surface area contributed by atoms with E-state index in [1.165, 1.54) is 0 Å². The Hall–Kier alpha value is -2.53. The zero-order valence-corrected chi connectivity index (χ0v) is 19.8. The van der Waals surface area contributed by atoms with Gasteiger partial charge in [0.25, 0.3) is 0 Å². The SMILES string of the molecule is CNC(=O)[C@@H](Cc1ccccc1)N(Cc1ccc(Cl)c(Cl)c1)C(=O)Cc1cccc(Cl)c1. The molecule has 3 aromatic rings. The van der Waals surface area contributed by atoms with Gasteiger partial charge in [-0.05, 0) is 41.0 Å². The van der Waals surface area contributed by atoms with Gasteiger partial charge in [-0.2, -0.15) is 0 Å². The fourth-order valence-corrected chi connectivity index (χ4v) is 4.01. The molecule has 0 aromatic heterocycles. The third kappa shape index (κ3) is 6.49. The molecule has 0 fully saturated rings. The Morgan fingerprint density at radius 2 is 1.56 bits per heavy atom. The number of likely N-dealkylation sites (N-methyl/N-ethyl adjacent to an activating group) is 1. The van der Waals surface area contributed by atoms with Gasteiger partial charge in [0.1, 0.15) is 6.04 Å². The summed E-state index contributed by atoms with van der Waals surface area (Å²) in [6.07, 6.45) is 0.493. The van der Waals surface area contributed by atoms with Gasteiger partial charge < -0.3 is 10.2 Å². The van der Waals surface area contributed by atoms with Crippen molar-refractivity contribution in [2.45, 2.75) is 25.4 Å². The molecule has 7 heteroatoms. The Labute approximate surface area is 203 Å². The number of hydrogen-bond acceptors (Lipinski definition) is 2. The normalized spacial score (nSPS) is 11.6. The largest absolute Gasteiger partial charge is 0.357 e. The Kier molecular flexibility index (Phi) is 8.57. The van der Waals surface area contributed by atoms with Crippen molar-refractivity contribution in [3.63, 3.8) is 0 Å². The van der Waals surface area contributed by atoms with Gasteiger partial charge in [-0.3, -0.25) is 9.59 Å². The lowest BCUT2D eigenvalue weighted by Gasteiger charge is -2.31. The van der Waals surface area contributed by atoms with Crippen LogP contribution in [0.1, 0.15) is 16.7 Å². The fourth-order valence-electron chi connectivity index (χ4n) is 3.48. The maximum absolute atomic E-state index is 13.5. The first-order valence-electron chi connectivity index (χ1n) is 10.1. The highest BCUT2D eigenvalue weighted by Crippen LogP contribution is 2.25. The quantitative estimate of drug-likeness (QED) is 0.449. The Bertz CT molecular complexity index is 1090. The van der Waals surface area contributed by atoms with E-state index < -0.39 is 6.04 Å². The van der Waals surface area contributed by atoms with Crippen molar-refractivity contribution in [1.82, 2.24) is 10.2 Å². The van der Waals surface area contributed by atoms with Crippen LogP contribution in [-0.4, -0.2) is 29.8 Å². The molecule has 1 atom stereocenters. The number of rotatable bonds is 8. The molecule has 0 saturated heterocycles. The second-order valence-corrected chi connectivity index (χ2v) is 8.65. The van der Waals surface area contributed by atoms with Crippen molar-refractivity contribution in [2.75, 3.05) is 7.05 Å². The first kappa shape index (κ1) is 24.1. The smallest absolute Gasteiger partial charge is 0.242 e. The zero-order chi connectivity index (χ0) is 23.1. The van der Waals surface area contributed by atoms with Crippen molar-refractivity contribution in [1.29, 1.82) is 0 Å². The molecule has 0 spiro atoms. The summed E-state index contributed by atoms with van der Waals surface area (Å²) in [5.41, 5.74) is 2.51. The van der Waals surface area contributed by atoms with Crippen molar-refractivity contribution in [2.24, 2.45) is 0 Å². The molecule has 0 aliphatic heterocycles. The molecule has 0 radical (unpaired) electrons. The summed E-state index contributed by atoms with van der Waals surface area (Å²) in [7, 11) is 1.57. The summed E-state index contributed by atoms with van der Waals surface area (Å²) in [4.78, 5) is 28.0. The van der Waals surface area contributed by atoms with Crippen LogP contribution in [0.4, 0.5) is 0 Å². The standard InChI is InChI=1S/C25H23Cl3N2O2/c1-29-25(32)23(14-17-6-3-2-4-7-17)30(16-19-10-11-21(27)22(28)13-19)24(31)15-18-8-5-9-20(26)12-18/h2-13,23H,14-16H2,1H3,(H,29,32)/t23-/m1/s1. The number of carbonyl (C=O) groups is 2. The summed E-state index contributed by atoms with van der Waals surface area (Å²) in [5.74, 6) is -0.434. The molecule has 4 nitrogen and oxygen atoms in total. The Balaban J connectivity index is 1.96. The molecule has 2 amide bonds. The van der Waals surface area contributed by atoms with Crippen LogP contribution in [0.25, 0.3) is 0 Å². The second-order valence-electron chi connectivity index (χ2n) is 7.40. The minimum atomic E-state index is -0.705. The summed E-state index contributed by atoms with van der Waals surface area (Å²) in [6, 6.07) is 21.3. The number of nitrogens with zero attached hydrogens (tertiary/aromatic N) is 1. The molecule has 32 heavy (non-hydrogen) atoms. The lowest BCUT2D eigenvalue weighted by molar-refractivity contribution is -0.140. The summed E-state index contributed by atoms with van der Waals surface area (Å²) >= 11 is 18.3. The first-order valence-corrected chi connectivity index (χ1v) is 11.2. The topological polar surface area (TPSA) is 49.4 Å². The average molecular weight is 490 g/mol. The van der Waals surface area contributed by atoms with Gasteiger partial charge in [0.05, 0.1) is 16.5 Å². The van der Waals surface area contributed by atoms with E-state index >= 15 is 0 Å². The van der Waals surface area contributed by atoms with Gasteiger partial charge >= 0.3 is 0 Å². The third-order valence-electron chi connectivity index (χ3n) is 5.10. The van der Waals surface area contributed by atoms with Gasteiger partial charge in [0.15, 0.2) is 0 Å². The average Bonchev–Trinajstić information content (AvgIpc) is 2.78. The second kappa shape index (κ2) is 11.4. The van der Waals surface area contributed by atoms with E-state index in [1.54, 1.807) is 48.3 Å². The maximum Gasteiger partial charge on any atom is 0.242 e. The van der Waals surface area contributed by atoms with Crippen molar-refractivity contribution < 1.29 is 9.59 Å². The molecule has 3 aromatic carbocycles. The molecular weight excluding hydrogens is 467 g/mol. The zero-order valence-electron chi connectivity index (χ0n) is 17.5. The van der Waals surface area contributed by atoms with E-state index in [0.29, 0.717) is 21.5 Å². The molecule has 3 rings (SSSR count). The lowest BCUT2D eigenvalue weighted by atomic mass is 10.0. The van der Waals surface area contributed by atoms with E-state index in [1.807, 2.05) is 36.4 Å². The van der Waals surface area contributed by atoms with Crippen LogP contribution in [0, 0.1) is 0 Å². The van der Waals surface area contributed by atoms with Crippen molar-refractivity contribution in [3.05, 3.63) is 105 Å². The third-order valence-corrected chi connectivity index (χ3v) is 6.07. The maximum atomic E-state index is 13.5. The van der Waals surface area contributed by atoms with E-state index in [4.69, 9.17) is 34.8 Å². The van der Waals surface area contributed by atoms with Gasteiger partial charge in [-0.25, -0.2) is 0 Å². The summed E-state index contributed by atoms with van der Waals surface area (Å²) < 4.78 is 0. The van der Waals surface area contributed by atoms with E-state index in [2.05, 4.69) is 5.32 Å². The highest BCUT2D eigenvalue weighted by Gasteiger charge is 2.30. The molecule has 1 N–H and O–H groups in total. The predicted molar refractivity (Wildman–Crippen MR) is 130 cm³/mol. The van der Waals surface area contributed by atoms with Crippen LogP contribution in [0.15, 0.2) is 72.8 Å². The van der Waals surface area contributed by atoms with E-state index in [0.717, 1.165) is 16.7 Å². The Morgan fingerprint density at radius 1 is 0.844 bits per heavy atom. The molecule has 0 aliphatic carbocycles. The van der Waals surface area contributed by atoms with Gasteiger partial charge in [0, 0.05) is 25.0 Å². The van der Waals surface area contributed by atoms with Crippen LogP contribution < -0.4 is 5.32 Å². The molecule has 0 aliphatic rings. The van der Waals surface area contributed by atoms with Crippen molar-refractivity contribution in [3.8, 4) is 0 Å². The van der Waals surface area contributed by atoms with Crippen molar-refractivity contribution >= 4 is 46.6 Å². The number of halogens is 3. The minimum Gasteiger partial charge on any atom is -0.357 e. The number of benzene rings is 3. The molecule has 0 bridgehead atoms. The van der Waals surface area contributed by atoms with Crippen LogP contribution in [0.2, 0.25) is 15.1 Å². The highest BCUT2D eigenvalue weighted by atomic mass is 35.5. The number of hydrogen-bond donors (Lipinski definition) is 1. The molecule has 0 unspecified atom stereocenters. The number of amides is 2. The summed E-state index contributed by atoms with van der Waals surface area (Å²) in [5, 5.41) is 4.08. The molecule has 166 valence electrons. The van der Waals surface area contributed by atoms with Crippen LogP contribution in [0.3, 0.4) is 0 Å². The molecule has 0 heterocycles.